The molecule has 0 heterocycles. The van der Waals surface area contributed by atoms with E-state index in [0.717, 1.165) is 16.9 Å². The molecular formula is C22H20N2O3. The minimum Gasteiger partial charge on any atom is -0.457 e. The van der Waals surface area contributed by atoms with Gasteiger partial charge in [-0.3, -0.25) is 4.79 Å². The second-order valence-electron chi connectivity index (χ2n) is 5.75. The summed E-state index contributed by atoms with van der Waals surface area (Å²) in [5, 5.41) is 4.02. The molecule has 0 unspecified atom stereocenters. The molecule has 0 saturated carbocycles. The third-order valence-corrected chi connectivity index (χ3v) is 3.80. The largest absolute Gasteiger partial charge is 0.457 e. The molecular weight excluding hydrogens is 340 g/mol. The van der Waals surface area contributed by atoms with E-state index in [9.17, 15) is 4.79 Å². The number of carbonyl (C=O) groups excluding carboxylic acids is 1. The van der Waals surface area contributed by atoms with Gasteiger partial charge in [-0.25, -0.2) is 5.43 Å². The van der Waals surface area contributed by atoms with Gasteiger partial charge in [0.15, 0.2) is 6.10 Å². The Morgan fingerprint density at radius 3 is 2.30 bits per heavy atom. The summed E-state index contributed by atoms with van der Waals surface area (Å²) in [5.41, 5.74) is 4.09. The quantitative estimate of drug-likeness (QED) is 0.504. The van der Waals surface area contributed by atoms with Crippen LogP contribution in [0.25, 0.3) is 0 Å². The second-order valence-corrected chi connectivity index (χ2v) is 5.75. The van der Waals surface area contributed by atoms with Crippen LogP contribution >= 0.6 is 0 Å². The molecule has 136 valence electrons. The summed E-state index contributed by atoms with van der Waals surface area (Å²) in [6.45, 7) is 0. The van der Waals surface area contributed by atoms with Crippen LogP contribution in [-0.4, -0.2) is 19.2 Å². The summed E-state index contributed by atoms with van der Waals surface area (Å²) in [6.07, 6.45) is 0.851. The first-order valence-corrected chi connectivity index (χ1v) is 8.50. The highest BCUT2D eigenvalue weighted by atomic mass is 16.5. The lowest BCUT2D eigenvalue weighted by Gasteiger charge is -2.13. The molecule has 0 aliphatic heterocycles. The normalized spacial score (nSPS) is 11.9. The van der Waals surface area contributed by atoms with E-state index < -0.39 is 6.10 Å². The molecule has 0 aliphatic rings. The Morgan fingerprint density at radius 2 is 1.59 bits per heavy atom. The number of hydrazone groups is 1. The number of carbonyl (C=O) groups is 1. The second kappa shape index (κ2) is 9.31. The van der Waals surface area contributed by atoms with Crippen LogP contribution in [0.2, 0.25) is 0 Å². The zero-order valence-electron chi connectivity index (χ0n) is 14.9. The van der Waals surface area contributed by atoms with Crippen molar-refractivity contribution in [1.29, 1.82) is 0 Å². The predicted octanol–water partition coefficient (Wildman–Crippen LogP) is 4.32. The van der Waals surface area contributed by atoms with Crippen molar-refractivity contribution in [3.8, 4) is 11.5 Å². The number of nitrogens with zero attached hydrogens (tertiary/aromatic N) is 1. The summed E-state index contributed by atoms with van der Waals surface area (Å²) in [6, 6.07) is 26.2. The van der Waals surface area contributed by atoms with Crippen molar-refractivity contribution in [1.82, 2.24) is 5.43 Å². The van der Waals surface area contributed by atoms with Crippen LogP contribution in [0, 0.1) is 0 Å². The molecule has 3 aromatic carbocycles. The average molecular weight is 360 g/mol. The van der Waals surface area contributed by atoms with E-state index in [4.69, 9.17) is 9.47 Å². The highest BCUT2D eigenvalue weighted by Crippen LogP contribution is 2.21. The Labute approximate surface area is 158 Å². The van der Waals surface area contributed by atoms with Crippen molar-refractivity contribution in [3.63, 3.8) is 0 Å². The topological polar surface area (TPSA) is 59.9 Å². The summed E-state index contributed by atoms with van der Waals surface area (Å²) in [7, 11) is 1.49. The van der Waals surface area contributed by atoms with E-state index in [1.807, 2.05) is 84.9 Å². The summed E-state index contributed by atoms with van der Waals surface area (Å²) in [5.74, 6) is 1.11. The van der Waals surface area contributed by atoms with Crippen LogP contribution in [0.1, 0.15) is 17.2 Å². The van der Waals surface area contributed by atoms with Gasteiger partial charge in [-0.2, -0.15) is 5.10 Å². The van der Waals surface area contributed by atoms with Gasteiger partial charge in [0.2, 0.25) is 0 Å². The molecule has 5 nitrogen and oxygen atoms in total. The molecule has 1 atom stereocenters. The van der Waals surface area contributed by atoms with Gasteiger partial charge in [-0.05, 0) is 35.4 Å². The smallest absolute Gasteiger partial charge is 0.273 e. The molecule has 0 aromatic heterocycles. The van der Waals surface area contributed by atoms with Crippen molar-refractivity contribution >= 4 is 12.1 Å². The molecule has 1 amide bonds. The molecule has 27 heavy (non-hydrogen) atoms. The van der Waals surface area contributed by atoms with Gasteiger partial charge >= 0.3 is 0 Å². The predicted molar refractivity (Wildman–Crippen MR) is 105 cm³/mol. The molecule has 0 bridgehead atoms. The SMILES string of the molecule is CO[C@@H](C(=O)N/N=C\c1cccc(Oc2ccccc2)c1)c1ccccc1. The van der Waals surface area contributed by atoms with Crippen molar-refractivity contribution in [2.24, 2.45) is 5.10 Å². The van der Waals surface area contributed by atoms with Gasteiger partial charge in [0.1, 0.15) is 11.5 Å². The maximum Gasteiger partial charge on any atom is 0.273 e. The van der Waals surface area contributed by atoms with Crippen molar-refractivity contribution in [3.05, 3.63) is 96.1 Å². The van der Waals surface area contributed by atoms with E-state index in [-0.39, 0.29) is 5.91 Å². The van der Waals surface area contributed by atoms with Crippen LogP contribution < -0.4 is 10.2 Å². The van der Waals surface area contributed by atoms with Crippen LogP contribution in [0.3, 0.4) is 0 Å². The number of para-hydroxylation sites is 1. The van der Waals surface area contributed by atoms with Crippen LogP contribution in [0.4, 0.5) is 0 Å². The van der Waals surface area contributed by atoms with Crippen LogP contribution in [0.15, 0.2) is 90.0 Å². The van der Waals surface area contributed by atoms with Crippen LogP contribution in [0.5, 0.6) is 11.5 Å². The van der Waals surface area contributed by atoms with Crippen LogP contribution in [-0.2, 0) is 9.53 Å². The lowest BCUT2D eigenvalue weighted by Crippen LogP contribution is -2.26. The fraction of sp³-hybridized carbons (Fsp3) is 0.0909. The fourth-order valence-corrected chi connectivity index (χ4v) is 2.53. The average Bonchev–Trinajstić information content (AvgIpc) is 2.70. The monoisotopic (exact) mass is 360 g/mol. The molecule has 0 spiro atoms. The molecule has 0 radical (unpaired) electrons. The zero-order valence-corrected chi connectivity index (χ0v) is 14.9. The molecule has 1 N–H and O–H groups in total. The number of hydrogen-bond donors (Lipinski definition) is 1. The number of ether oxygens (including phenoxy) is 2. The number of rotatable bonds is 7. The van der Waals surface area contributed by atoms with E-state index in [1.165, 1.54) is 7.11 Å². The third-order valence-electron chi connectivity index (χ3n) is 3.80. The van der Waals surface area contributed by atoms with Gasteiger partial charge in [0, 0.05) is 7.11 Å². The molecule has 5 heteroatoms. The van der Waals surface area contributed by atoms with E-state index >= 15 is 0 Å². The summed E-state index contributed by atoms with van der Waals surface area (Å²) >= 11 is 0. The zero-order chi connectivity index (χ0) is 18.9. The highest BCUT2D eigenvalue weighted by Gasteiger charge is 2.19. The van der Waals surface area contributed by atoms with Gasteiger partial charge in [0.05, 0.1) is 6.21 Å². The number of methoxy groups -OCH3 is 1. The third kappa shape index (κ3) is 5.26. The van der Waals surface area contributed by atoms with Gasteiger partial charge in [-0.15, -0.1) is 0 Å². The molecule has 3 rings (SSSR count). The van der Waals surface area contributed by atoms with Gasteiger partial charge in [0.25, 0.3) is 5.91 Å². The molecule has 0 fully saturated rings. The lowest BCUT2D eigenvalue weighted by atomic mass is 10.1. The minimum absolute atomic E-state index is 0.336. The van der Waals surface area contributed by atoms with Gasteiger partial charge in [-0.1, -0.05) is 60.7 Å². The number of benzene rings is 3. The van der Waals surface area contributed by atoms with Gasteiger partial charge < -0.3 is 9.47 Å². The first kappa shape index (κ1) is 18.4. The van der Waals surface area contributed by atoms with Crippen molar-refractivity contribution in [2.45, 2.75) is 6.10 Å². The summed E-state index contributed by atoms with van der Waals surface area (Å²) < 4.78 is 11.1. The molecule has 3 aromatic rings. The first-order valence-electron chi connectivity index (χ1n) is 8.50. The summed E-state index contributed by atoms with van der Waals surface area (Å²) in [4.78, 5) is 12.3. The Hall–Kier alpha value is -3.44. The Bertz CT molecular complexity index is 896. The first-order chi connectivity index (χ1) is 13.3. The van der Waals surface area contributed by atoms with E-state index in [0.29, 0.717) is 5.75 Å². The Balaban J connectivity index is 1.62. The van der Waals surface area contributed by atoms with Crippen molar-refractivity contribution in [2.75, 3.05) is 7.11 Å². The Kier molecular flexibility index (Phi) is 6.33. The molecule has 0 aliphatic carbocycles. The van der Waals surface area contributed by atoms with E-state index in [1.54, 1.807) is 6.21 Å². The highest BCUT2D eigenvalue weighted by molar-refractivity contribution is 5.85. The lowest BCUT2D eigenvalue weighted by molar-refractivity contribution is -0.131. The fourth-order valence-electron chi connectivity index (χ4n) is 2.53. The number of hydrogen-bond acceptors (Lipinski definition) is 4. The molecule has 0 saturated heterocycles. The Morgan fingerprint density at radius 1 is 0.926 bits per heavy atom. The maximum atomic E-state index is 12.3. The minimum atomic E-state index is -0.712. The maximum absolute atomic E-state index is 12.3. The number of nitrogens with one attached hydrogen (secondary N) is 1. The van der Waals surface area contributed by atoms with Crippen molar-refractivity contribution < 1.29 is 14.3 Å². The number of amides is 1. The van der Waals surface area contributed by atoms with E-state index in [2.05, 4.69) is 10.5 Å². The standard InChI is InChI=1S/C22H20N2O3/c1-26-21(18-10-4-2-5-11-18)22(25)24-23-16-17-9-8-14-20(15-17)27-19-12-6-3-7-13-19/h2-16,21H,1H3,(H,24,25)/b23-16-/t21-/m1/s1.